The smallest absolute Gasteiger partial charge is 0.348 e. The van der Waals surface area contributed by atoms with Gasteiger partial charge in [0.05, 0.1) is 14.2 Å². The monoisotopic (exact) mass is 370 g/mol. The number of thiophene rings is 1. The minimum Gasteiger partial charge on any atom is -0.494 e. The van der Waals surface area contributed by atoms with Crippen LogP contribution in [0.5, 0.6) is 5.75 Å². The molecule has 0 aromatic carbocycles. The number of nitrogens with two attached hydrogens (primary N) is 1. The van der Waals surface area contributed by atoms with Gasteiger partial charge in [-0.15, -0.1) is 23.7 Å². The van der Waals surface area contributed by atoms with E-state index < -0.39 is 16.0 Å². The Morgan fingerprint density at radius 2 is 2.14 bits per heavy atom. The minimum atomic E-state index is -3.77. The lowest BCUT2D eigenvalue weighted by atomic mass is 10.2. The molecule has 0 radical (unpaired) electrons. The molecule has 0 bridgehead atoms. The zero-order valence-corrected chi connectivity index (χ0v) is 14.6. The number of esters is 1. The van der Waals surface area contributed by atoms with Crippen molar-refractivity contribution < 1.29 is 22.7 Å². The molecule has 1 aliphatic rings. The van der Waals surface area contributed by atoms with E-state index in [9.17, 15) is 13.2 Å². The van der Waals surface area contributed by atoms with Gasteiger partial charge in [0, 0.05) is 18.7 Å². The zero-order valence-electron chi connectivity index (χ0n) is 12.2. The van der Waals surface area contributed by atoms with E-state index in [4.69, 9.17) is 10.5 Å². The van der Waals surface area contributed by atoms with Crippen molar-refractivity contribution in [1.29, 1.82) is 0 Å². The van der Waals surface area contributed by atoms with Gasteiger partial charge >= 0.3 is 5.97 Å². The Balaban J connectivity index is 0.00000242. The van der Waals surface area contributed by atoms with Gasteiger partial charge < -0.3 is 15.2 Å². The van der Waals surface area contributed by atoms with E-state index in [1.165, 1.54) is 20.3 Å². The highest BCUT2D eigenvalue weighted by Crippen LogP contribution is 2.34. The highest BCUT2D eigenvalue weighted by molar-refractivity contribution is 7.91. The van der Waals surface area contributed by atoms with Crippen molar-refractivity contribution in [3.05, 3.63) is 10.9 Å². The summed E-state index contributed by atoms with van der Waals surface area (Å²) in [5.74, 6) is -0.0918. The van der Waals surface area contributed by atoms with E-state index in [1.54, 1.807) is 0 Å². The van der Waals surface area contributed by atoms with Crippen LogP contribution in [0, 0.1) is 5.92 Å². The van der Waals surface area contributed by atoms with Crippen LogP contribution in [0.3, 0.4) is 0 Å². The molecule has 2 rings (SSSR count). The largest absolute Gasteiger partial charge is 0.494 e. The van der Waals surface area contributed by atoms with Crippen molar-refractivity contribution >= 4 is 39.7 Å². The van der Waals surface area contributed by atoms with E-state index in [0.717, 1.165) is 24.2 Å². The summed E-state index contributed by atoms with van der Waals surface area (Å²) in [5, 5.41) is 0. The van der Waals surface area contributed by atoms with Gasteiger partial charge in [0.15, 0.2) is 9.96 Å². The van der Waals surface area contributed by atoms with Crippen LogP contribution >= 0.6 is 23.7 Å². The summed E-state index contributed by atoms with van der Waals surface area (Å²) < 4.78 is 36.6. The number of hydrogen-bond acceptors (Lipinski definition) is 7. The van der Waals surface area contributed by atoms with Crippen LogP contribution in [-0.2, 0) is 14.8 Å². The molecular formula is C12H19ClN2O5S2. The summed E-state index contributed by atoms with van der Waals surface area (Å²) in [7, 11) is -1.19. The van der Waals surface area contributed by atoms with Gasteiger partial charge in [-0.1, -0.05) is 0 Å². The lowest BCUT2D eigenvalue weighted by Gasteiger charge is -2.11. The molecule has 1 saturated carbocycles. The maximum atomic E-state index is 12.3. The third kappa shape index (κ3) is 4.32. The molecule has 1 heterocycles. The van der Waals surface area contributed by atoms with Crippen LogP contribution in [0.4, 0.5) is 0 Å². The van der Waals surface area contributed by atoms with Gasteiger partial charge in [0.1, 0.15) is 4.88 Å². The fourth-order valence-electron chi connectivity index (χ4n) is 1.85. The normalized spacial score (nSPS) is 15.8. The molecule has 1 atom stereocenters. The lowest BCUT2D eigenvalue weighted by Crippen LogP contribution is -2.38. The molecule has 0 aliphatic heterocycles. The van der Waals surface area contributed by atoms with Crippen LogP contribution in [0.25, 0.3) is 0 Å². The molecular weight excluding hydrogens is 352 g/mol. The topological polar surface area (TPSA) is 108 Å². The molecule has 1 aliphatic carbocycles. The SMILES string of the molecule is COC(=O)c1cc(OC)c(S(=O)(=O)NCC(N)C2CC2)s1.Cl. The van der Waals surface area contributed by atoms with E-state index in [2.05, 4.69) is 9.46 Å². The van der Waals surface area contributed by atoms with Crippen molar-refractivity contribution in [3.8, 4) is 5.75 Å². The second-order valence-electron chi connectivity index (χ2n) is 4.81. The second kappa shape index (κ2) is 7.60. The van der Waals surface area contributed by atoms with E-state index >= 15 is 0 Å². The molecule has 1 unspecified atom stereocenters. The van der Waals surface area contributed by atoms with Crippen molar-refractivity contribution in [2.24, 2.45) is 11.7 Å². The zero-order chi connectivity index (χ0) is 15.6. The Morgan fingerprint density at radius 1 is 1.50 bits per heavy atom. The number of halogens is 1. The molecule has 1 fully saturated rings. The summed E-state index contributed by atoms with van der Waals surface area (Å²) in [6, 6.07) is 1.16. The van der Waals surface area contributed by atoms with Crippen LogP contribution in [0.2, 0.25) is 0 Å². The third-order valence-electron chi connectivity index (χ3n) is 3.25. The Kier molecular flexibility index (Phi) is 6.63. The number of rotatable bonds is 7. The molecule has 1 aromatic rings. The number of sulfonamides is 1. The van der Waals surface area contributed by atoms with Crippen molar-refractivity contribution in [3.63, 3.8) is 0 Å². The molecule has 0 saturated heterocycles. The Bertz CT molecular complexity index is 627. The lowest BCUT2D eigenvalue weighted by molar-refractivity contribution is 0.0606. The van der Waals surface area contributed by atoms with Crippen molar-refractivity contribution in [2.75, 3.05) is 20.8 Å². The van der Waals surface area contributed by atoms with Crippen molar-refractivity contribution in [1.82, 2.24) is 4.72 Å². The third-order valence-corrected chi connectivity index (χ3v) is 6.29. The summed E-state index contributed by atoms with van der Waals surface area (Å²) in [6.07, 6.45) is 2.08. The van der Waals surface area contributed by atoms with Gasteiger partial charge in [-0.3, -0.25) is 0 Å². The highest BCUT2D eigenvalue weighted by Gasteiger charge is 2.31. The number of nitrogens with one attached hydrogen (secondary N) is 1. The van der Waals surface area contributed by atoms with Gasteiger partial charge in [-0.25, -0.2) is 17.9 Å². The second-order valence-corrected chi connectivity index (χ2v) is 7.83. The van der Waals surface area contributed by atoms with Gasteiger partial charge in [0.25, 0.3) is 10.0 Å². The minimum absolute atomic E-state index is 0. The number of ether oxygens (including phenoxy) is 2. The molecule has 0 amide bonds. The molecule has 3 N–H and O–H groups in total. The number of methoxy groups -OCH3 is 2. The van der Waals surface area contributed by atoms with Gasteiger partial charge in [-0.2, -0.15) is 0 Å². The first-order valence-electron chi connectivity index (χ1n) is 6.40. The summed E-state index contributed by atoms with van der Waals surface area (Å²) in [6.45, 7) is 0.168. The first-order valence-corrected chi connectivity index (χ1v) is 8.70. The highest BCUT2D eigenvalue weighted by atomic mass is 35.5. The predicted molar refractivity (Wildman–Crippen MR) is 85.3 cm³/mol. The average molecular weight is 371 g/mol. The fraction of sp³-hybridized carbons (Fsp3) is 0.583. The van der Waals surface area contributed by atoms with Crippen LogP contribution < -0.4 is 15.2 Å². The van der Waals surface area contributed by atoms with Crippen LogP contribution in [0.15, 0.2) is 10.3 Å². The van der Waals surface area contributed by atoms with Crippen molar-refractivity contribution in [2.45, 2.75) is 23.1 Å². The first kappa shape index (κ1) is 19.2. The van der Waals surface area contributed by atoms with Gasteiger partial charge in [-0.05, 0) is 18.8 Å². The van der Waals surface area contributed by atoms with Crippen LogP contribution in [0.1, 0.15) is 22.5 Å². The Hall–Kier alpha value is -0.870. The first-order chi connectivity index (χ1) is 9.89. The van der Waals surface area contributed by atoms with E-state index in [1.807, 2.05) is 0 Å². The standard InChI is InChI=1S/C12H18N2O5S2.ClH/c1-18-9-5-10(11(15)19-2)20-12(9)21(16,17)14-6-8(13)7-3-4-7;/h5,7-8,14H,3-4,6,13H2,1-2H3;1H. The quantitative estimate of drug-likeness (QED) is 0.693. The maximum Gasteiger partial charge on any atom is 0.348 e. The summed E-state index contributed by atoms with van der Waals surface area (Å²) >= 11 is 0.809. The Morgan fingerprint density at radius 3 is 2.64 bits per heavy atom. The maximum absolute atomic E-state index is 12.3. The molecule has 10 heteroatoms. The molecule has 22 heavy (non-hydrogen) atoms. The number of carbonyl (C=O) groups excluding carboxylic acids is 1. The van der Waals surface area contributed by atoms with E-state index in [0.29, 0.717) is 5.92 Å². The van der Waals surface area contributed by atoms with Gasteiger partial charge in [0.2, 0.25) is 0 Å². The fourth-order valence-corrected chi connectivity index (χ4v) is 4.46. The number of hydrogen-bond donors (Lipinski definition) is 2. The Labute approximate surface area is 139 Å². The predicted octanol–water partition coefficient (Wildman–Crippen LogP) is 0.981. The summed E-state index contributed by atoms with van der Waals surface area (Å²) in [5.41, 5.74) is 5.88. The van der Waals surface area contributed by atoms with Crippen LogP contribution in [-0.4, -0.2) is 41.2 Å². The molecule has 1 aromatic heterocycles. The molecule has 0 spiro atoms. The summed E-state index contributed by atoms with van der Waals surface area (Å²) in [4.78, 5) is 11.7. The van der Waals surface area contributed by atoms with E-state index in [-0.39, 0.29) is 39.8 Å². The average Bonchev–Trinajstić information content (AvgIpc) is 3.22. The molecule has 7 nitrogen and oxygen atoms in total. The number of carbonyl (C=O) groups is 1. The molecule has 126 valence electrons.